The van der Waals surface area contributed by atoms with Gasteiger partial charge in [-0.1, -0.05) is 41.9 Å². The van der Waals surface area contributed by atoms with E-state index < -0.39 is 5.97 Å². The molecule has 2 aromatic carbocycles. The number of nitrogens with one attached hydrogen (secondary N) is 1. The Bertz CT molecular complexity index is 1260. The van der Waals surface area contributed by atoms with Gasteiger partial charge in [-0.2, -0.15) is 0 Å². The number of amides is 1. The quantitative estimate of drug-likeness (QED) is 0.369. The maximum atomic E-state index is 12.9. The van der Waals surface area contributed by atoms with Gasteiger partial charge in [-0.15, -0.1) is 11.3 Å². The molecule has 7 heteroatoms. The number of nitrogens with zero attached hydrogens (tertiary/aromatic N) is 1. The van der Waals surface area contributed by atoms with Crippen molar-refractivity contribution in [3.05, 3.63) is 76.3 Å². The fourth-order valence-corrected chi connectivity index (χ4v) is 4.71. The Hall–Kier alpha value is -3.09. The van der Waals surface area contributed by atoms with Crippen molar-refractivity contribution in [1.82, 2.24) is 4.57 Å². The second kappa shape index (κ2) is 8.96. The van der Waals surface area contributed by atoms with Crippen LogP contribution in [0, 0.1) is 0 Å². The van der Waals surface area contributed by atoms with E-state index in [2.05, 4.69) is 5.32 Å². The highest BCUT2D eigenvalue weighted by Gasteiger charge is 2.23. The Morgan fingerprint density at radius 3 is 2.61 bits per heavy atom. The third kappa shape index (κ3) is 4.36. The van der Waals surface area contributed by atoms with E-state index in [1.807, 2.05) is 59.6 Å². The first-order valence-electron chi connectivity index (χ1n) is 9.85. The van der Waals surface area contributed by atoms with Crippen molar-refractivity contribution < 1.29 is 14.3 Å². The fraction of sp³-hybridized carbons (Fsp3) is 0.167. The van der Waals surface area contributed by atoms with Crippen LogP contribution >= 0.6 is 22.9 Å². The van der Waals surface area contributed by atoms with Gasteiger partial charge in [0.25, 0.3) is 0 Å². The fourth-order valence-electron chi connectivity index (χ4n) is 3.61. The Kier molecular flexibility index (Phi) is 6.11. The normalized spacial score (nSPS) is 10.9. The summed E-state index contributed by atoms with van der Waals surface area (Å²) in [5.41, 5.74) is 3.90. The highest BCUT2D eigenvalue weighted by molar-refractivity contribution is 7.15. The number of anilines is 1. The highest BCUT2D eigenvalue weighted by Crippen LogP contribution is 2.37. The van der Waals surface area contributed by atoms with Gasteiger partial charge in [0.1, 0.15) is 10.6 Å². The van der Waals surface area contributed by atoms with Gasteiger partial charge in [-0.05, 0) is 36.2 Å². The summed E-state index contributed by atoms with van der Waals surface area (Å²) in [5.74, 6) is -0.652. The topological polar surface area (TPSA) is 60.3 Å². The van der Waals surface area contributed by atoms with E-state index in [9.17, 15) is 9.59 Å². The van der Waals surface area contributed by atoms with Gasteiger partial charge >= 0.3 is 5.97 Å². The lowest BCUT2D eigenvalue weighted by atomic mass is 10.0. The molecule has 0 unspecified atom stereocenters. The second-order valence-electron chi connectivity index (χ2n) is 7.09. The minimum Gasteiger partial charge on any atom is -0.462 e. The summed E-state index contributed by atoms with van der Waals surface area (Å²) in [6.07, 6.45) is 2.17. The number of hydrogen-bond acceptors (Lipinski definition) is 4. The van der Waals surface area contributed by atoms with E-state index >= 15 is 0 Å². The number of aryl methyl sites for hydroxylation is 1. The SMILES string of the molecule is CCOC(=O)c1c(-c2ccc(Cl)cc2)csc1NC(=O)Cc1cn(C)c2ccccc12. The zero-order valence-electron chi connectivity index (χ0n) is 17.1. The van der Waals surface area contributed by atoms with Crippen molar-refractivity contribution in [2.75, 3.05) is 11.9 Å². The molecule has 4 rings (SSSR count). The summed E-state index contributed by atoms with van der Waals surface area (Å²) < 4.78 is 7.27. The van der Waals surface area contributed by atoms with Crippen LogP contribution in [0.25, 0.3) is 22.0 Å². The van der Waals surface area contributed by atoms with Crippen molar-refractivity contribution in [3.63, 3.8) is 0 Å². The predicted octanol–water partition coefficient (Wildman–Crippen LogP) is 5.92. The molecule has 0 saturated carbocycles. The van der Waals surface area contributed by atoms with E-state index in [0.717, 1.165) is 22.0 Å². The molecule has 1 amide bonds. The molecule has 0 atom stereocenters. The van der Waals surface area contributed by atoms with Crippen molar-refractivity contribution in [2.24, 2.45) is 7.05 Å². The molecule has 0 bridgehead atoms. The summed E-state index contributed by atoms with van der Waals surface area (Å²) in [4.78, 5) is 25.6. The third-order valence-corrected chi connectivity index (χ3v) is 6.16. The Morgan fingerprint density at radius 1 is 1.13 bits per heavy atom. The number of esters is 1. The first-order chi connectivity index (χ1) is 15.0. The molecule has 0 aliphatic rings. The summed E-state index contributed by atoms with van der Waals surface area (Å²) in [5, 5.41) is 6.90. The molecule has 4 aromatic rings. The molecule has 0 spiro atoms. The van der Waals surface area contributed by atoms with E-state index in [1.54, 1.807) is 19.1 Å². The minimum absolute atomic E-state index is 0.189. The van der Waals surface area contributed by atoms with Crippen molar-refractivity contribution in [1.29, 1.82) is 0 Å². The van der Waals surface area contributed by atoms with Crippen LogP contribution in [0.2, 0.25) is 5.02 Å². The molecule has 1 N–H and O–H groups in total. The number of carbonyl (C=O) groups excluding carboxylic acids is 2. The van der Waals surface area contributed by atoms with Crippen molar-refractivity contribution in [2.45, 2.75) is 13.3 Å². The lowest BCUT2D eigenvalue weighted by Crippen LogP contribution is -2.16. The summed E-state index contributed by atoms with van der Waals surface area (Å²) in [7, 11) is 1.96. The highest BCUT2D eigenvalue weighted by atomic mass is 35.5. The number of fused-ring (bicyclic) bond motifs is 1. The number of hydrogen-bond donors (Lipinski definition) is 1. The van der Waals surface area contributed by atoms with Crippen LogP contribution in [-0.4, -0.2) is 23.1 Å². The Balaban J connectivity index is 1.63. The van der Waals surface area contributed by atoms with Gasteiger partial charge in [0.15, 0.2) is 0 Å². The number of aromatic nitrogens is 1. The number of carbonyl (C=O) groups is 2. The predicted molar refractivity (Wildman–Crippen MR) is 126 cm³/mol. The van der Waals surface area contributed by atoms with E-state index in [1.165, 1.54) is 11.3 Å². The molecule has 2 heterocycles. The lowest BCUT2D eigenvalue weighted by molar-refractivity contribution is -0.115. The molecule has 0 saturated heterocycles. The third-order valence-electron chi connectivity index (χ3n) is 5.01. The van der Waals surface area contributed by atoms with Crippen LogP contribution in [0.4, 0.5) is 5.00 Å². The maximum Gasteiger partial charge on any atom is 0.341 e. The number of para-hydroxylation sites is 1. The number of rotatable bonds is 6. The van der Waals surface area contributed by atoms with Gasteiger partial charge < -0.3 is 14.6 Å². The summed E-state index contributed by atoms with van der Waals surface area (Å²) >= 11 is 7.30. The zero-order chi connectivity index (χ0) is 22.0. The average molecular weight is 453 g/mol. The van der Waals surface area contributed by atoms with Crippen LogP contribution < -0.4 is 5.32 Å². The molecule has 31 heavy (non-hydrogen) atoms. The monoisotopic (exact) mass is 452 g/mol. The first kappa shape index (κ1) is 21.2. The van der Waals surface area contributed by atoms with E-state index in [4.69, 9.17) is 16.3 Å². The van der Waals surface area contributed by atoms with E-state index in [0.29, 0.717) is 21.2 Å². The maximum absolute atomic E-state index is 12.9. The van der Waals surface area contributed by atoms with Gasteiger partial charge in [0.05, 0.1) is 13.0 Å². The molecular weight excluding hydrogens is 432 g/mol. The minimum atomic E-state index is -0.464. The first-order valence-corrected chi connectivity index (χ1v) is 11.1. The number of ether oxygens (including phenoxy) is 1. The molecule has 5 nitrogen and oxygen atoms in total. The van der Waals surface area contributed by atoms with Crippen LogP contribution in [-0.2, 0) is 23.0 Å². The average Bonchev–Trinajstić information content (AvgIpc) is 3.30. The largest absolute Gasteiger partial charge is 0.462 e. The van der Waals surface area contributed by atoms with Crippen LogP contribution in [0.3, 0.4) is 0 Å². The number of thiophene rings is 1. The molecule has 0 radical (unpaired) electrons. The molecule has 158 valence electrons. The van der Waals surface area contributed by atoms with Crippen LogP contribution in [0.1, 0.15) is 22.8 Å². The molecule has 0 aliphatic heterocycles. The molecule has 0 fully saturated rings. The van der Waals surface area contributed by atoms with Gasteiger partial charge in [0.2, 0.25) is 5.91 Å². The van der Waals surface area contributed by atoms with Crippen LogP contribution in [0.5, 0.6) is 0 Å². The standard InChI is InChI=1S/C24H21ClN2O3S/c1-3-30-24(29)22-19(15-8-10-17(25)11-9-15)14-31-23(22)26-21(28)12-16-13-27(2)20-7-5-4-6-18(16)20/h4-11,13-14H,3,12H2,1-2H3,(H,26,28). The van der Waals surface area contributed by atoms with Gasteiger partial charge in [-0.3, -0.25) is 4.79 Å². The molecular formula is C24H21ClN2O3S. The molecule has 2 aromatic heterocycles. The number of halogens is 1. The zero-order valence-corrected chi connectivity index (χ0v) is 18.7. The van der Waals surface area contributed by atoms with Crippen LogP contribution in [0.15, 0.2) is 60.1 Å². The smallest absolute Gasteiger partial charge is 0.341 e. The lowest BCUT2D eigenvalue weighted by Gasteiger charge is -2.09. The van der Waals surface area contributed by atoms with Gasteiger partial charge in [0, 0.05) is 40.1 Å². The summed E-state index contributed by atoms with van der Waals surface area (Å²) in [6, 6.07) is 15.2. The second-order valence-corrected chi connectivity index (χ2v) is 8.40. The summed E-state index contributed by atoms with van der Waals surface area (Å²) in [6.45, 7) is 2.00. The Labute approximate surface area is 189 Å². The van der Waals surface area contributed by atoms with Gasteiger partial charge in [-0.25, -0.2) is 4.79 Å². The number of benzene rings is 2. The van der Waals surface area contributed by atoms with Crippen molar-refractivity contribution >= 4 is 50.7 Å². The van der Waals surface area contributed by atoms with E-state index in [-0.39, 0.29) is 18.9 Å². The molecule has 0 aliphatic carbocycles. The Morgan fingerprint density at radius 2 is 1.87 bits per heavy atom. The van der Waals surface area contributed by atoms with Crippen molar-refractivity contribution in [3.8, 4) is 11.1 Å².